The van der Waals surface area contributed by atoms with Crippen LogP contribution in [0.25, 0.3) is 0 Å². The first-order valence-corrected chi connectivity index (χ1v) is 6.80. The van der Waals surface area contributed by atoms with Gasteiger partial charge in [-0.3, -0.25) is 4.79 Å². The van der Waals surface area contributed by atoms with Crippen LogP contribution in [0.3, 0.4) is 0 Å². The van der Waals surface area contributed by atoms with Crippen molar-refractivity contribution in [2.45, 2.75) is 45.6 Å². The molecule has 2 atom stereocenters. The van der Waals surface area contributed by atoms with E-state index >= 15 is 0 Å². The summed E-state index contributed by atoms with van der Waals surface area (Å²) in [6.07, 6.45) is 3.29. The van der Waals surface area contributed by atoms with Crippen LogP contribution in [0.5, 0.6) is 0 Å². The zero-order valence-corrected chi connectivity index (χ0v) is 11.1. The Bertz CT molecular complexity index is 233. The normalized spacial score (nSPS) is 23.6. The smallest absolute Gasteiger partial charge is 0.222 e. The fourth-order valence-corrected chi connectivity index (χ4v) is 2.13. The third kappa shape index (κ3) is 5.50. The summed E-state index contributed by atoms with van der Waals surface area (Å²) in [4.78, 5) is 13.6. The molecule has 0 saturated carbocycles. The third-order valence-electron chi connectivity index (χ3n) is 3.33. The predicted octanol–water partition coefficient (Wildman–Crippen LogP) is 0.995. The van der Waals surface area contributed by atoms with E-state index in [0.717, 1.165) is 32.4 Å². The molecule has 2 N–H and O–H groups in total. The summed E-state index contributed by atoms with van der Waals surface area (Å²) in [5.41, 5.74) is 0. The molecular weight excluding hydrogens is 216 g/mol. The lowest BCUT2D eigenvalue weighted by Gasteiger charge is -2.24. The monoisotopic (exact) mass is 242 g/mol. The summed E-state index contributed by atoms with van der Waals surface area (Å²) in [5, 5.41) is 13.0. The van der Waals surface area contributed by atoms with Crippen LogP contribution < -0.4 is 5.32 Å². The minimum absolute atomic E-state index is 0.198. The largest absolute Gasteiger partial charge is 0.390 e. The Kier molecular flexibility index (Phi) is 6.52. The Labute approximate surface area is 104 Å². The van der Waals surface area contributed by atoms with Crippen molar-refractivity contribution in [2.75, 3.05) is 26.2 Å². The third-order valence-corrected chi connectivity index (χ3v) is 3.33. The lowest BCUT2D eigenvalue weighted by atomic mass is 10.0. The number of likely N-dealkylation sites (tertiary alicyclic amines) is 1. The zero-order valence-electron chi connectivity index (χ0n) is 11.1. The number of nitrogens with zero attached hydrogens (tertiary/aromatic N) is 1. The molecule has 17 heavy (non-hydrogen) atoms. The molecule has 0 bridgehead atoms. The van der Waals surface area contributed by atoms with Crippen LogP contribution in [0, 0.1) is 5.92 Å². The number of amides is 1. The molecule has 0 aromatic heterocycles. The van der Waals surface area contributed by atoms with Gasteiger partial charge in [0.25, 0.3) is 0 Å². The molecule has 0 aromatic rings. The maximum absolute atomic E-state index is 11.8. The topological polar surface area (TPSA) is 52.6 Å². The maximum atomic E-state index is 11.8. The van der Waals surface area contributed by atoms with E-state index in [9.17, 15) is 9.90 Å². The van der Waals surface area contributed by atoms with E-state index < -0.39 is 6.10 Å². The van der Waals surface area contributed by atoms with Crippen LogP contribution in [-0.4, -0.2) is 48.2 Å². The highest BCUT2D eigenvalue weighted by Crippen LogP contribution is 2.17. The van der Waals surface area contributed by atoms with Gasteiger partial charge in [0.1, 0.15) is 0 Å². The van der Waals surface area contributed by atoms with Gasteiger partial charge in [0.15, 0.2) is 0 Å². The first-order valence-electron chi connectivity index (χ1n) is 6.80. The van der Waals surface area contributed by atoms with E-state index in [-0.39, 0.29) is 5.91 Å². The molecule has 4 nitrogen and oxygen atoms in total. The summed E-state index contributed by atoms with van der Waals surface area (Å²) >= 11 is 0. The van der Waals surface area contributed by atoms with Gasteiger partial charge < -0.3 is 15.3 Å². The first-order chi connectivity index (χ1) is 8.13. The highest BCUT2D eigenvalue weighted by molar-refractivity contribution is 5.76. The fraction of sp³-hybridized carbons (Fsp3) is 0.923. The SMILES string of the molecule is CCCNCC(O)CN1CCC(C)CCC1=O. The number of hydrogen-bond acceptors (Lipinski definition) is 3. The molecule has 0 aromatic carbocycles. The lowest BCUT2D eigenvalue weighted by Crippen LogP contribution is -2.41. The van der Waals surface area contributed by atoms with Gasteiger partial charge in [-0.2, -0.15) is 0 Å². The van der Waals surface area contributed by atoms with Crippen molar-refractivity contribution in [1.82, 2.24) is 10.2 Å². The van der Waals surface area contributed by atoms with Crippen molar-refractivity contribution in [3.63, 3.8) is 0 Å². The Morgan fingerprint density at radius 3 is 3.00 bits per heavy atom. The highest BCUT2D eigenvalue weighted by Gasteiger charge is 2.21. The van der Waals surface area contributed by atoms with Gasteiger partial charge in [-0.25, -0.2) is 0 Å². The van der Waals surface area contributed by atoms with Crippen molar-refractivity contribution in [3.8, 4) is 0 Å². The summed E-state index contributed by atoms with van der Waals surface area (Å²) in [7, 11) is 0. The molecule has 1 amide bonds. The number of carbonyl (C=O) groups excluding carboxylic acids is 1. The zero-order chi connectivity index (χ0) is 12.7. The molecule has 100 valence electrons. The number of hydrogen-bond donors (Lipinski definition) is 2. The number of rotatable bonds is 6. The molecule has 0 spiro atoms. The second-order valence-electron chi connectivity index (χ2n) is 5.13. The molecular formula is C13H26N2O2. The molecule has 0 aliphatic carbocycles. The van der Waals surface area contributed by atoms with Gasteiger partial charge in [-0.05, 0) is 31.7 Å². The molecule has 4 heteroatoms. The van der Waals surface area contributed by atoms with Gasteiger partial charge in [0.05, 0.1) is 6.10 Å². The Hall–Kier alpha value is -0.610. The van der Waals surface area contributed by atoms with Crippen LogP contribution >= 0.6 is 0 Å². The van der Waals surface area contributed by atoms with Crippen LogP contribution in [-0.2, 0) is 4.79 Å². The van der Waals surface area contributed by atoms with Crippen molar-refractivity contribution in [1.29, 1.82) is 0 Å². The number of β-amino-alcohol motifs (C(OH)–C–C–N with tert-alkyl or cyclic N) is 1. The van der Waals surface area contributed by atoms with E-state index in [0.29, 0.717) is 25.4 Å². The number of aliphatic hydroxyl groups excluding tert-OH is 1. The first kappa shape index (κ1) is 14.5. The minimum atomic E-state index is -0.445. The summed E-state index contributed by atoms with van der Waals surface area (Å²) in [6.45, 7) is 7.05. The van der Waals surface area contributed by atoms with Crippen LogP contribution in [0.4, 0.5) is 0 Å². The highest BCUT2D eigenvalue weighted by atomic mass is 16.3. The standard InChI is InChI=1S/C13H26N2O2/c1-3-7-14-9-12(16)10-15-8-6-11(2)4-5-13(15)17/h11-12,14,16H,3-10H2,1-2H3. The molecule has 1 aliphatic rings. The van der Waals surface area contributed by atoms with E-state index in [4.69, 9.17) is 0 Å². The average Bonchev–Trinajstić information content (AvgIpc) is 2.45. The molecule has 1 saturated heterocycles. The second-order valence-corrected chi connectivity index (χ2v) is 5.13. The molecule has 1 rings (SSSR count). The van der Waals surface area contributed by atoms with Crippen molar-refractivity contribution >= 4 is 5.91 Å². The fourth-order valence-electron chi connectivity index (χ4n) is 2.13. The van der Waals surface area contributed by atoms with Crippen molar-refractivity contribution in [2.24, 2.45) is 5.92 Å². The van der Waals surface area contributed by atoms with E-state index in [1.165, 1.54) is 0 Å². The van der Waals surface area contributed by atoms with Crippen molar-refractivity contribution < 1.29 is 9.90 Å². The Morgan fingerprint density at radius 2 is 2.29 bits per heavy atom. The molecule has 1 heterocycles. The van der Waals surface area contributed by atoms with Crippen molar-refractivity contribution in [3.05, 3.63) is 0 Å². The Balaban J connectivity index is 2.30. The lowest BCUT2D eigenvalue weighted by molar-refractivity contribution is -0.132. The number of carbonyl (C=O) groups is 1. The summed E-state index contributed by atoms with van der Waals surface area (Å²) in [5.74, 6) is 0.822. The minimum Gasteiger partial charge on any atom is -0.390 e. The Morgan fingerprint density at radius 1 is 1.53 bits per heavy atom. The number of nitrogens with one attached hydrogen (secondary N) is 1. The van der Waals surface area contributed by atoms with Gasteiger partial charge in [-0.1, -0.05) is 13.8 Å². The molecule has 1 fully saturated rings. The van der Waals surface area contributed by atoms with Gasteiger partial charge in [0.2, 0.25) is 5.91 Å². The quantitative estimate of drug-likeness (QED) is 0.683. The maximum Gasteiger partial charge on any atom is 0.222 e. The van der Waals surface area contributed by atoms with Gasteiger partial charge >= 0.3 is 0 Å². The van der Waals surface area contributed by atoms with E-state index in [1.807, 2.05) is 4.90 Å². The average molecular weight is 242 g/mol. The van der Waals surface area contributed by atoms with E-state index in [1.54, 1.807) is 0 Å². The molecule has 2 unspecified atom stereocenters. The van der Waals surface area contributed by atoms with E-state index in [2.05, 4.69) is 19.2 Å². The van der Waals surface area contributed by atoms with Gasteiger partial charge in [-0.15, -0.1) is 0 Å². The second kappa shape index (κ2) is 7.67. The predicted molar refractivity (Wildman–Crippen MR) is 68.8 cm³/mol. The number of aliphatic hydroxyl groups is 1. The van der Waals surface area contributed by atoms with Crippen LogP contribution in [0.1, 0.15) is 39.5 Å². The van der Waals surface area contributed by atoms with Crippen LogP contribution in [0.2, 0.25) is 0 Å². The van der Waals surface area contributed by atoms with Gasteiger partial charge in [0, 0.05) is 26.1 Å². The molecule has 1 aliphatic heterocycles. The summed E-state index contributed by atoms with van der Waals surface area (Å²) in [6, 6.07) is 0. The molecule has 0 radical (unpaired) electrons. The van der Waals surface area contributed by atoms with Crippen LogP contribution in [0.15, 0.2) is 0 Å². The summed E-state index contributed by atoms with van der Waals surface area (Å²) < 4.78 is 0.